The lowest BCUT2D eigenvalue weighted by Crippen LogP contribution is -2.10. The van der Waals surface area contributed by atoms with Crippen LogP contribution in [0, 0.1) is 5.92 Å². The van der Waals surface area contributed by atoms with Crippen LogP contribution in [0.4, 0.5) is 0 Å². The van der Waals surface area contributed by atoms with Crippen LogP contribution >= 0.6 is 0 Å². The van der Waals surface area contributed by atoms with E-state index in [1.165, 1.54) is 51.4 Å². The second-order valence-electron chi connectivity index (χ2n) is 10.2. The summed E-state index contributed by atoms with van der Waals surface area (Å²) in [6.45, 7) is 7.84. The summed E-state index contributed by atoms with van der Waals surface area (Å²) in [4.78, 5) is 21.5. The highest BCUT2D eigenvalue weighted by atomic mass is 16.5. The molecule has 0 aliphatic rings. The van der Waals surface area contributed by atoms with Crippen LogP contribution in [0.15, 0.2) is 61.1 Å². The van der Waals surface area contributed by atoms with Gasteiger partial charge >= 0.3 is 5.97 Å². The molecule has 39 heavy (non-hydrogen) atoms. The number of benzene rings is 2. The van der Waals surface area contributed by atoms with Gasteiger partial charge in [0.2, 0.25) is 0 Å². The highest BCUT2D eigenvalue weighted by Gasteiger charge is 2.16. The molecule has 1 aromatic heterocycles. The van der Waals surface area contributed by atoms with Gasteiger partial charge in [0, 0.05) is 18.0 Å². The molecule has 0 N–H and O–H groups in total. The largest absolute Gasteiger partial charge is 0.494 e. The summed E-state index contributed by atoms with van der Waals surface area (Å²) in [5.41, 5.74) is 1.71. The van der Waals surface area contributed by atoms with Crippen LogP contribution in [0.2, 0.25) is 0 Å². The number of carbonyl (C=O) groups excluding carboxylic acids is 1. The minimum atomic E-state index is -0.445. The molecule has 1 unspecified atom stereocenters. The normalized spacial score (nSPS) is 11.7. The van der Waals surface area contributed by atoms with Crippen LogP contribution in [-0.2, 0) is 0 Å². The second kappa shape index (κ2) is 17.2. The summed E-state index contributed by atoms with van der Waals surface area (Å²) in [5, 5.41) is 0. The molecule has 0 bridgehead atoms. The summed E-state index contributed by atoms with van der Waals surface area (Å²) in [6, 6.07) is 12.5. The molecule has 210 valence electrons. The van der Waals surface area contributed by atoms with Crippen molar-refractivity contribution in [3.05, 3.63) is 66.6 Å². The number of hydrogen-bond donors (Lipinski definition) is 0. The highest BCUT2D eigenvalue weighted by molar-refractivity contribution is 5.92. The average Bonchev–Trinajstić information content (AvgIpc) is 2.98. The Bertz CT molecular complexity index is 1100. The van der Waals surface area contributed by atoms with Gasteiger partial charge in [-0.2, -0.15) is 0 Å². The van der Waals surface area contributed by atoms with Crippen molar-refractivity contribution in [1.29, 1.82) is 0 Å². The van der Waals surface area contributed by atoms with Crippen molar-refractivity contribution in [3.8, 4) is 28.5 Å². The van der Waals surface area contributed by atoms with E-state index in [1.54, 1.807) is 36.8 Å². The average molecular weight is 533 g/mol. The van der Waals surface area contributed by atoms with Crippen molar-refractivity contribution in [2.24, 2.45) is 5.92 Å². The quantitative estimate of drug-likeness (QED) is 0.0927. The molecular formula is C33H44N2O4. The summed E-state index contributed by atoms with van der Waals surface area (Å²) < 4.78 is 17.6. The van der Waals surface area contributed by atoms with E-state index in [-0.39, 0.29) is 0 Å². The monoisotopic (exact) mass is 532 g/mol. The van der Waals surface area contributed by atoms with Gasteiger partial charge < -0.3 is 14.2 Å². The minimum absolute atomic E-state index is 0.405. The molecule has 0 radical (unpaired) electrons. The van der Waals surface area contributed by atoms with E-state index < -0.39 is 5.97 Å². The van der Waals surface area contributed by atoms with E-state index in [0.717, 1.165) is 18.6 Å². The Morgan fingerprint density at radius 2 is 1.51 bits per heavy atom. The first-order valence-corrected chi connectivity index (χ1v) is 14.6. The maximum atomic E-state index is 13.0. The molecule has 6 nitrogen and oxygen atoms in total. The number of carbonyl (C=O) groups is 1. The number of unbranched alkanes of at least 4 members (excludes halogenated alkanes) is 8. The molecule has 0 saturated heterocycles. The standard InChI is InChI=1S/C33H44N2O4/c1-4-6-7-8-9-10-11-12-13-22-37-28-16-14-27(15-17-28)33(36)39-32-19-18-29(38-25-26(3)5-2)23-30(32)31-24-34-20-21-35-31/h14-21,23-24,26H,4-13,22,25H2,1-3H3. The molecule has 2 aromatic carbocycles. The van der Waals surface area contributed by atoms with Crippen LogP contribution in [0.5, 0.6) is 17.2 Å². The van der Waals surface area contributed by atoms with E-state index in [1.807, 2.05) is 24.3 Å². The summed E-state index contributed by atoms with van der Waals surface area (Å²) >= 11 is 0. The van der Waals surface area contributed by atoms with E-state index in [9.17, 15) is 4.79 Å². The fourth-order valence-electron chi connectivity index (χ4n) is 4.13. The number of ether oxygens (including phenoxy) is 3. The van der Waals surface area contributed by atoms with Crippen molar-refractivity contribution < 1.29 is 19.0 Å². The summed E-state index contributed by atoms with van der Waals surface area (Å²) in [6.07, 6.45) is 17.4. The fourth-order valence-corrected chi connectivity index (χ4v) is 4.13. The molecule has 3 aromatic rings. The van der Waals surface area contributed by atoms with E-state index in [4.69, 9.17) is 14.2 Å². The first-order chi connectivity index (χ1) is 19.1. The third-order valence-electron chi connectivity index (χ3n) is 6.83. The molecule has 0 aliphatic carbocycles. The molecule has 0 saturated carbocycles. The highest BCUT2D eigenvalue weighted by Crippen LogP contribution is 2.33. The zero-order valence-electron chi connectivity index (χ0n) is 23.9. The Kier molecular flexibility index (Phi) is 13.3. The SMILES string of the molecule is CCCCCCCCCCCOc1ccc(C(=O)Oc2ccc(OCC(C)CC)cc2-c2cnccn2)cc1. The first kappa shape index (κ1) is 30.1. The van der Waals surface area contributed by atoms with Crippen LogP contribution in [0.1, 0.15) is 95.3 Å². The lowest BCUT2D eigenvalue weighted by Gasteiger charge is -2.14. The molecular weight excluding hydrogens is 488 g/mol. The van der Waals surface area contributed by atoms with Crippen molar-refractivity contribution >= 4 is 5.97 Å². The first-order valence-electron chi connectivity index (χ1n) is 14.6. The smallest absolute Gasteiger partial charge is 0.343 e. The van der Waals surface area contributed by atoms with Gasteiger partial charge in [0.1, 0.15) is 17.2 Å². The summed E-state index contributed by atoms with van der Waals surface area (Å²) in [7, 11) is 0. The summed E-state index contributed by atoms with van der Waals surface area (Å²) in [5.74, 6) is 1.86. The lowest BCUT2D eigenvalue weighted by atomic mass is 10.1. The van der Waals surface area contributed by atoms with Gasteiger partial charge in [0.05, 0.1) is 30.7 Å². The Labute approximate surface area is 234 Å². The maximum absolute atomic E-state index is 13.0. The third kappa shape index (κ3) is 10.7. The molecule has 1 heterocycles. The number of esters is 1. The zero-order valence-corrected chi connectivity index (χ0v) is 23.9. The second-order valence-corrected chi connectivity index (χ2v) is 10.2. The van der Waals surface area contributed by atoms with Gasteiger partial charge in [-0.25, -0.2) is 4.79 Å². The lowest BCUT2D eigenvalue weighted by molar-refractivity contribution is 0.0735. The van der Waals surface area contributed by atoms with Crippen molar-refractivity contribution in [2.45, 2.75) is 85.0 Å². The van der Waals surface area contributed by atoms with Crippen LogP contribution in [0.25, 0.3) is 11.3 Å². The molecule has 0 spiro atoms. The molecule has 0 fully saturated rings. The number of nitrogens with zero attached hydrogens (tertiary/aromatic N) is 2. The zero-order chi connectivity index (χ0) is 27.7. The van der Waals surface area contributed by atoms with E-state index >= 15 is 0 Å². The van der Waals surface area contributed by atoms with Crippen LogP contribution in [-0.4, -0.2) is 29.2 Å². The van der Waals surface area contributed by atoms with Crippen LogP contribution < -0.4 is 14.2 Å². The molecule has 6 heteroatoms. The Morgan fingerprint density at radius 1 is 0.821 bits per heavy atom. The van der Waals surface area contributed by atoms with Gasteiger partial charge in [-0.05, 0) is 54.8 Å². The fraction of sp³-hybridized carbons (Fsp3) is 0.485. The predicted molar refractivity (Wildman–Crippen MR) is 157 cm³/mol. The molecule has 0 aliphatic heterocycles. The minimum Gasteiger partial charge on any atom is -0.494 e. The van der Waals surface area contributed by atoms with Gasteiger partial charge in [0.25, 0.3) is 0 Å². The Morgan fingerprint density at radius 3 is 2.18 bits per heavy atom. The van der Waals surface area contributed by atoms with E-state index in [0.29, 0.717) is 47.5 Å². The number of aromatic nitrogens is 2. The molecule has 3 rings (SSSR count). The van der Waals surface area contributed by atoms with Crippen LogP contribution in [0.3, 0.4) is 0 Å². The molecule has 0 amide bonds. The topological polar surface area (TPSA) is 70.5 Å². The third-order valence-corrected chi connectivity index (χ3v) is 6.83. The Hall–Kier alpha value is -3.41. The van der Waals surface area contributed by atoms with Gasteiger partial charge in [-0.3, -0.25) is 9.97 Å². The Balaban J connectivity index is 1.51. The van der Waals surface area contributed by atoms with Crippen molar-refractivity contribution in [2.75, 3.05) is 13.2 Å². The predicted octanol–water partition coefficient (Wildman–Crippen LogP) is 8.70. The van der Waals surface area contributed by atoms with Crippen molar-refractivity contribution in [1.82, 2.24) is 9.97 Å². The number of hydrogen-bond acceptors (Lipinski definition) is 6. The molecule has 1 atom stereocenters. The van der Waals surface area contributed by atoms with Gasteiger partial charge in [0.15, 0.2) is 0 Å². The maximum Gasteiger partial charge on any atom is 0.343 e. The van der Waals surface area contributed by atoms with Gasteiger partial charge in [-0.15, -0.1) is 0 Å². The van der Waals surface area contributed by atoms with Crippen molar-refractivity contribution in [3.63, 3.8) is 0 Å². The number of rotatable bonds is 18. The van der Waals surface area contributed by atoms with Gasteiger partial charge in [-0.1, -0.05) is 78.6 Å². The van der Waals surface area contributed by atoms with E-state index in [2.05, 4.69) is 30.7 Å².